The Morgan fingerprint density at radius 1 is 0.893 bits per heavy atom. The van der Waals surface area contributed by atoms with Gasteiger partial charge in [0.1, 0.15) is 5.41 Å². The van der Waals surface area contributed by atoms with E-state index in [1.54, 1.807) is 0 Å². The van der Waals surface area contributed by atoms with Crippen molar-refractivity contribution in [2.45, 2.75) is 43.7 Å². The number of benzene rings is 2. The van der Waals surface area contributed by atoms with Crippen molar-refractivity contribution in [3.63, 3.8) is 0 Å². The Bertz CT molecular complexity index is 811. The highest BCUT2D eigenvalue weighted by Crippen LogP contribution is 2.52. The molecule has 2 aromatic rings. The minimum absolute atomic E-state index is 0.176. The summed E-state index contributed by atoms with van der Waals surface area (Å²) in [6.07, 6.45) is -12.2. The smallest absolute Gasteiger partial charge is 0.399 e. The Morgan fingerprint density at radius 2 is 1.36 bits per heavy atom. The molecule has 2 N–H and O–H groups in total. The molecule has 0 spiro atoms. The third kappa shape index (κ3) is 4.11. The molecule has 152 valence electrons. The van der Waals surface area contributed by atoms with E-state index in [1.165, 1.54) is 24.3 Å². The number of hydrogen-bond donors (Lipinski definition) is 1. The normalized spacial score (nSPS) is 22.0. The molecule has 3 unspecified atom stereocenters. The van der Waals surface area contributed by atoms with Crippen molar-refractivity contribution in [2.75, 3.05) is 12.3 Å². The summed E-state index contributed by atoms with van der Waals surface area (Å²) < 4.78 is 82.5. The van der Waals surface area contributed by atoms with E-state index in [0.717, 1.165) is 36.4 Å². The number of nitrogens with two attached hydrogens (primary N) is 1. The molecule has 2 aromatic carbocycles. The Balaban J connectivity index is 2.09. The van der Waals surface area contributed by atoms with E-state index >= 15 is 0 Å². The van der Waals surface area contributed by atoms with Gasteiger partial charge in [-0.2, -0.15) is 26.3 Å². The Hall–Kier alpha value is -2.22. The lowest BCUT2D eigenvalue weighted by molar-refractivity contribution is -0.222. The van der Waals surface area contributed by atoms with E-state index < -0.39 is 35.3 Å². The van der Waals surface area contributed by atoms with Crippen LogP contribution in [-0.4, -0.2) is 29.8 Å². The second-order valence-corrected chi connectivity index (χ2v) is 7.29. The fourth-order valence-electron chi connectivity index (χ4n) is 3.51. The maximum absolute atomic E-state index is 14.2. The van der Waals surface area contributed by atoms with Gasteiger partial charge < -0.3 is 5.73 Å². The van der Waals surface area contributed by atoms with Crippen LogP contribution in [0.1, 0.15) is 30.0 Å². The first kappa shape index (κ1) is 20.5. The van der Waals surface area contributed by atoms with Gasteiger partial charge in [0.05, 0.1) is 6.42 Å². The topological polar surface area (TPSA) is 29.0 Å². The third-order valence-electron chi connectivity index (χ3n) is 5.17. The van der Waals surface area contributed by atoms with Crippen molar-refractivity contribution in [2.24, 2.45) is 0 Å². The second kappa shape index (κ2) is 6.99. The average Bonchev–Trinajstić information content (AvgIpc) is 3.27. The van der Waals surface area contributed by atoms with Gasteiger partial charge in [-0.1, -0.05) is 36.4 Å². The minimum Gasteiger partial charge on any atom is -0.399 e. The molecule has 28 heavy (non-hydrogen) atoms. The molecule has 8 heteroatoms. The summed E-state index contributed by atoms with van der Waals surface area (Å²) in [5, 5.41) is 0. The monoisotopic (exact) mass is 402 g/mol. The van der Waals surface area contributed by atoms with Crippen molar-refractivity contribution in [3.8, 4) is 0 Å². The third-order valence-corrected chi connectivity index (χ3v) is 5.17. The highest BCUT2D eigenvalue weighted by Gasteiger charge is 2.61. The quantitative estimate of drug-likeness (QED) is 0.419. The summed E-state index contributed by atoms with van der Waals surface area (Å²) in [4.78, 5) is 2.10. The summed E-state index contributed by atoms with van der Waals surface area (Å²) in [5.41, 5.74) is 2.32. The van der Waals surface area contributed by atoms with E-state index in [2.05, 4.69) is 4.90 Å². The van der Waals surface area contributed by atoms with Crippen LogP contribution in [0.5, 0.6) is 0 Å². The van der Waals surface area contributed by atoms with Gasteiger partial charge in [0.25, 0.3) is 0 Å². The molecule has 1 heterocycles. The number of nitrogen functional groups attached to an aromatic ring is 1. The number of hydrogen-bond acceptors (Lipinski definition) is 2. The van der Waals surface area contributed by atoms with Gasteiger partial charge in [-0.25, -0.2) is 0 Å². The molecule has 2 nitrogen and oxygen atoms in total. The molecule has 0 amide bonds. The molecule has 0 aromatic heterocycles. The summed E-state index contributed by atoms with van der Waals surface area (Å²) in [7, 11) is 0. The first-order valence-corrected chi connectivity index (χ1v) is 8.75. The molecule has 0 saturated carbocycles. The number of anilines is 1. The zero-order valence-corrected chi connectivity index (χ0v) is 15.1. The van der Waals surface area contributed by atoms with E-state index in [4.69, 9.17) is 5.73 Å². The molecule has 0 aliphatic carbocycles. The molecule has 1 aliphatic heterocycles. The number of rotatable bonds is 5. The predicted molar refractivity (Wildman–Crippen MR) is 94.7 cm³/mol. The van der Waals surface area contributed by atoms with E-state index in [-0.39, 0.29) is 5.69 Å². The zero-order chi connectivity index (χ0) is 20.7. The molecule has 3 atom stereocenters. The van der Waals surface area contributed by atoms with Gasteiger partial charge in [-0.3, -0.25) is 4.90 Å². The molecule has 1 saturated heterocycles. The maximum Gasteiger partial charge on any atom is 0.402 e. The van der Waals surface area contributed by atoms with Crippen molar-refractivity contribution < 1.29 is 26.3 Å². The number of alkyl halides is 6. The summed E-state index contributed by atoms with van der Waals surface area (Å²) in [6, 6.07) is 10.0. The highest BCUT2D eigenvalue weighted by molar-refractivity contribution is 5.48. The van der Waals surface area contributed by atoms with Gasteiger partial charge in [0.2, 0.25) is 0 Å². The largest absolute Gasteiger partial charge is 0.402 e. The van der Waals surface area contributed by atoms with Crippen LogP contribution in [0.4, 0.5) is 32.0 Å². The fourth-order valence-corrected chi connectivity index (χ4v) is 3.51. The first-order valence-electron chi connectivity index (χ1n) is 8.75. The second-order valence-electron chi connectivity index (χ2n) is 7.29. The average molecular weight is 402 g/mol. The van der Waals surface area contributed by atoms with Crippen LogP contribution in [0, 0.1) is 0 Å². The minimum atomic E-state index is -5.16. The van der Waals surface area contributed by atoms with Crippen LogP contribution in [0.2, 0.25) is 0 Å². The van der Waals surface area contributed by atoms with E-state index in [1.807, 2.05) is 6.92 Å². The Kier molecular flexibility index (Phi) is 5.12. The number of halogens is 6. The number of nitrogens with zero attached hydrogens (tertiary/aromatic N) is 1. The van der Waals surface area contributed by atoms with Crippen LogP contribution in [-0.2, 0) is 12.0 Å². The molecule has 1 fully saturated rings. The van der Waals surface area contributed by atoms with Crippen molar-refractivity contribution in [3.05, 3.63) is 65.2 Å². The molecule has 1 aliphatic rings. The van der Waals surface area contributed by atoms with Gasteiger partial charge in [0, 0.05) is 24.8 Å². The molecular formula is C20H20F6N2. The Labute approximate surface area is 158 Å². The first-order chi connectivity index (χ1) is 12.9. The lowest BCUT2D eigenvalue weighted by atomic mass is 9.71. The predicted octanol–water partition coefficient (Wildman–Crippen LogP) is 5.27. The standard InChI is InChI=1S/C20H20F6N2/c1-13-10-28(13)11-14-2-4-15(5-3-14)18(20(24,25)26,12-19(21,22)23)16-6-8-17(27)9-7-16/h2-9,13H,10-12,27H2,1H3. The summed E-state index contributed by atoms with van der Waals surface area (Å²) in [5.74, 6) is 0. The fraction of sp³-hybridized carbons (Fsp3) is 0.400. The lowest BCUT2D eigenvalue weighted by Gasteiger charge is -2.37. The zero-order valence-electron chi connectivity index (χ0n) is 15.1. The summed E-state index contributed by atoms with van der Waals surface area (Å²) in [6.45, 7) is 3.48. The van der Waals surface area contributed by atoms with Gasteiger partial charge in [-0.05, 0) is 35.7 Å². The molecular weight excluding hydrogens is 382 g/mol. The van der Waals surface area contributed by atoms with Crippen LogP contribution < -0.4 is 5.73 Å². The van der Waals surface area contributed by atoms with Crippen LogP contribution >= 0.6 is 0 Å². The van der Waals surface area contributed by atoms with Gasteiger partial charge in [0.15, 0.2) is 0 Å². The van der Waals surface area contributed by atoms with Gasteiger partial charge >= 0.3 is 12.4 Å². The molecule has 0 bridgehead atoms. The van der Waals surface area contributed by atoms with Crippen molar-refractivity contribution in [1.82, 2.24) is 4.90 Å². The summed E-state index contributed by atoms with van der Waals surface area (Å²) >= 11 is 0. The molecule has 0 radical (unpaired) electrons. The van der Waals surface area contributed by atoms with Crippen molar-refractivity contribution in [1.29, 1.82) is 0 Å². The van der Waals surface area contributed by atoms with Crippen LogP contribution in [0.25, 0.3) is 0 Å². The van der Waals surface area contributed by atoms with Crippen LogP contribution in [0.3, 0.4) is 0 Å². The highest BCUT2D eigenvalue weighted by atomic mass is 19.4. The van der Waals surface area contributed by atoms with Crippen molar-refractivity contribution >= 4 is 5.69 Å². The lowest BCUT2D eigenvalue weighted by Crippen LogP contribution is -2.46. The Morgan fingerprint density at radius 3 is 1.75 bits per heavy atom. The van der Waals surface area contributed by atoms with E-state index in [0.29, 0.717) is 12.6 Å². The molecule has 3 rings (SSSR count). The SMILES string of the molecule is CC1CN1Cc1ccc(C(CC(F)(F)F)(c2ccc(N)cc2)C(F)(F)F)cc1. The van der Waals surface area contributed by atoms with E-state index in [9.17, 15) is 26.3 Å². The maximum atomic E-state index is 14.2. The van der Waals surface area contributed by atoms with Gasteiger partial charge in [-0.15, -0.1) is 0 Å². The van der Waals surface area contributed by atoms with Crippen LogP contribution in [0.15, 0.2) is 48.5 Å².